The molecule has 156 valence electrons. The van der Waals surface area contributed by atoms with Crippen LogP contribution in [0.1, 0.15) is 76.3 Å². The lowest BCUT2D eigenvalue weighted by molar-refractivity contribution is -0.152. The number of aromatic hydroxyl groups is 3. The molecule has 4 bridgehead atoms. The van der Waals surface area contributed by atoms with Crippen molar-refractivity contribution < 1.29 is 24.9 Å². The van der Waals surface area contributed by atoms with Crippen LogP contribution >= 0.6 is 0 Å². The molecule has 29 heavy (non-hydrogen) atoms. The molecule has 1 aromatic carbocycles. The highest BCUT2D eigenvalue weighted by Crippen LogP contribution is 2.67. The molecule has 1 aromatic rings. The molecule has 7 rings (SSSR count). The quantitative estimate of drug-likeness (QED) is 0.693. The van der Waals surface area contributed by atoms with Crippen LogP contribution in [0.5, 0.6) is 17.2 Å². The maximum atomic E-state index is 12.6. The highest BCUT2D eigenvalue weighted by Gasteiger charge is 2.61. The van der Waals surface area contributed by atoms with Gasteiger partial charge in [0.1, 0.15) is 28.8 Å². The number of benzene rings is 1. The van der Waals surface area contributed by atoms with Gasteiger partial charge < -0.3 is 15.3 Å². The number of Topliss-reactive ketones (excluding diaryl/α,β-unsaturated/α-hetero) is 2. The summed E-state index contributed by atoms with van der Waals surface area (Å²) >= 11 is 0. The number of hydrogen-bond donors (Lipinski definition) is 3. The molecule has 0 aromatic heterocycles. The summed E-state index contributed by atoms with van der Waals surface area (Å²) in [7, 11) is 0. The molecule has 6 atom stereocenters. The fourth-order valence-corrected chi connectivity index (χ4v) is 7.39. The molecule has 2 unspecified atom stereocenters. The first kappa shape index (κ1) is 19.0. The van der Waals surface area contributed by atoms with Gasteiger partial charge in [-0.1, -0.05) is 27.7 Å². The maximum absolute atomic E-state index is 12.6. The zero-order valence-electron chi connectivity index (χ0n) is 17.5. The third-order valence-electron chi connectivity index (χ3n) is 9.35. The molecule has 0 spiro atoms. The highest BCUT2D eigenvalue weighted by molar-refractivity contribution is 5.87. The lowest BCUT2D eigenvalue weighted by atomic mass is 9.43. The Morgan fingerprint density at radius 2 is 1.14 bits per heavy atom. The Labute approximate surface area is 171 Å². The van der Waals surface area contributed by atoms with E-state index in [1.165, 1.54) is 6.07 Å². The van der Waals surface area contributed by atoms with Gasteiger partial charge in [0, 0.05) is 53.7 Å². The van der Waals surface area contributed by atoms with E-state index in [9.17, 15) is 24.9 Å². The predicted molar refractivity (Wildman–Crippen MR) is 107 cm³/mol. The van der Waals surface area contributed by atoms with Crippen molar-refractivity contribution in [2.45, 2.75) is 65.2 Å². The minimum absolute atomic E-state index is 0.0632. The Morgan fingerprint density at radius 1 is 0.759 bits per heavy atom. The molecular weight excluding hydrogens is 368 g/mol. The van der Waals surface area contributed by atoms with Crippen LogP contribution in [0.4, 0.5) is 0 Å². The SMILES string of the molecule is CC1(C)C2C[C@@H]1C(=O)C[C@H]2c1c(O)cc(O)c(C2CC(=O)[C@H]3C[C@@H]2C3(C)C)c1O. The molecular formula is C24H30O5. The summed E-state index contributed by atoms with van der Waals surface area (Å²) in [4.78, 5) is 25.3. The third-order valence-corrected chi connectivity index (χ3v) is 9.35. The second kappa shape index (κ2) is 5.55. The van der Waals surface area contributed by atoms with Crippen LogP contribution in [-0.4, -0.2) is 26.9 Å². The van der Waals surface area contributed by atoms with Crippen LogP contribution in [-0.2, 0) is 9.59 Å². The number of phenols is 3. The molecule has 0 aliphatic heterocycles. The van der Waals surface area contributed by atoms with Crippen LogP contribution in [0.2, 0.25) is 0 Å². The van der Waals surface area contributed by atoms with E-state index >= 15 is 0 Å². The molecule has 0 amide bonds. The highest BCUT2D eigenvalue weighted by atomic mass is 16.3. The van der Waals surface area contributed by atoms with Crippen LogP contribution < -0.4 is 0 Å². The van der Waals surface area contributed by atoms with Gasteiger partial charge in [-0.15, -0.1) is 0 Å². The number of rotatable bonds is 2. The Morgan fingerprint density at radius 3 is 1.45 bits per heavy atom. The van der Waals surface area contributed by atoms with Crippen molar-refractivity contribution in [1.29, 1.82) is 0 Å². The molecule has 3 N–H and O–H groups in total. The lowest BCUT2D eigenvalue weighted by Gasteiger charge is -2.59. The van der Waals surface area contributed by atoms with E-state index in [2.05, 4.69) is 27.7 Å². The number of fused-ring (bicyclic) bond motifs is 4. The summed E-state index contributed by atoms with van der Waals surface area (Å²) in [5.74, 6) is -0.0352. The molecule has 0 saturated heterocycles. The first-order chi connectivity index (χ1) is 13.5. The average Bonchev–Trinajstić information content (AvgIpc) is 2.59. The van der Waals surface area contributed by atoms with E-state index in [1.54, 1.807) is 0 Å². The molecule has 6 fully saturated rings. The van der Waals surface area contributed by atoms with Crippen LogP contribution in [0.3, 0.4) is 0 Å². The molecule has 6 aliphatic carbocycles. The topological polar surface area (TPSA) is 94.8 Å². The van der Waals surface area contributed by atoms with Crippen molar-refractivity contribution in [2.24, 2.45) is 34.5 Å². The summed E-state index contributed by atoms with van der Waals surface area (Å²) in [6, 6.07) is 1.30. The van der Waals surface area contributed by atoms with Crippen molar-refractivity contribution >= 4 is 11.6 Å². The molecule has 0 heterocycles. The number of carbonyl (C=O) groups is 2. The minimum Gasteiger partial charge on any atom is -0.507 e. The van der Waals surface area contributed by atoms with E-state index in [1.807, 2.05) is 0 Å². The first-order valence-electron chi connectivity index (χ1n) is 10.8. The molecule has 0 radical (unpaired) electrons. The summed E-state index contributed by atoms with van der Waals surface area (Å²) < 4.78 is 0. The Kier molecular flexibility index (Phi) is 3.63. The summed E-state index contributed by atoms with van der Waals surface area (Å²) in [6.45, 7) is 8.34. The number of phenolic OH excluding ortho intramolecular Hbond substituents is 3. The van der Waals surface area contributed by atoms with Crippen molar-refractivity contribution in [3.8, 4) is 17.2 Å². The molecule has 5 nitrogen and oxygen atoms in total. The number of carbonyl (C=O) groups excluding carboxylic acids is 2. The van der Waals surface area contributed by atoms with E-state index in [-0.39, 0.29) is 75.2 Å². The Bertz CT molecular complexity index is 871. The smallest absolute Gasteiger partial charge is 0.137 e. The van der Waals surface area contributed by atoms with Gasteiger partial charge in [0.2, 0.25) is 0 Å². The van der Waals surface area contributed by atoms with Crippen molar-refractivity contribution in [3.63, 3.8) is 0 Å². The van der Waals surface area contributed by atoms with Crippen molar-refractivity contribution in [1.82, 2.24) is 0 Å². The predicted octanol–water partition coefficient (Wildman–Crippen LogP) is 4.24. The van der Waals surface area contributed by atoms with Gasteiger partial charge in [0.15, 0.2) is 0 Å². The van der Waals surface area contributed by atoms with Crippen LogP contribution in [0.25, 0.3) is 0 Å². The normalized spacial score (nSPS) is 38.9. The molecule has 5 heteroatoms. The second-order valence-electron chi connectivity index (χ2n) is 11.1. The van der Waals surface area contributed by atoms with Gasteiger partial charge in [-0.2, -0.15) is 0 Å². The monoisotopic (exact) mass is 398 g/mol. The second-order valence-corrected chi connectivity index (χ2v) is 11.1. The zero-order valence-corrected chi connectivity index (χ0v) is 17.5. The standard InChI is InChI=1S/C24H30O5/c1-23(2)12-7-14(23)16(25)5-10(12)20-18(27)9-19(28)21(22(20)29)11-6-17(26)15-8-13(11)24(15,3)4/h9-15,27-29H,5-8H2,1-4H3/t10-,11?,12?,13+,14-,15-/m1/s1. The fourth-order valence-electron chi connectivity index (χ4n) is 7.39. The summed E-state index contributed by atoms with van der Waals surface area (Å²) in [5.41, 5.74) is 0.463. The van der Waals surface area contributed by atoms with Gasteiger partial charge in [0.25, 0.3) is 0 Å². The minimum atomic E-state index is -0.261. The van der Waals surface area contributed by atoms with Gasteiger partial charge in [-0.05, 0) is 35.5 Å². The van der Waals surface area contributed by atoms with Gasteiger partial charge >= 0.3 is 0 Å². The van der Waals surface area contributed by atoms with Gasteiger partial charge in [0.05, 0.1) is 0 Å². The average molecular weight is 398 g/mol. The van der Waals surface area contributed by atoms with Gasteiger partial charge in [-0.3, -0.25) is 9.59 Å². The molecule has 6 saturated carbocycles. The van der Waals surface area contributed by atoms with E-state index in [4.69, 9.17) is 0 Å². The fraction of sp³-hybridized carbons (Fsp3) is 0.667. The molecule has 6 aliphatic rings. The third kappa shape index (κ3) is 2.22. The summed E-state index contributed by atoms with van der Waals surface area (Å²) in [6.07, 6.45) is 2.19. The van der Waals surface area contributed by atoms with Crippen LogP contribution in [0, 0.1) is 34.5 Å². The Hall–Kier alpha value is -2.04. The summed E-state index contributed by atoms with van der Waals surface area (Å²) in [5, 5.41) is 32.6. The zero-order chi connectivity index (χ0) is 21.0. The Balaban J connectivity index is 1.61. The number of hydrogen-bond acceptors (Lipinski definition) is 5. The lowest BCUT2D eigenvalue weighted by Crippen LogP contribution is -2.56. The number of ketones is 2. The van der Waals surface area contributed by atoms with E-state index in [0.717, 1.165) is 12.8 Å². The maximum Gasteiger partial charge on any atom is 0.137 e. The van der Waals surface area contributed by atoms with E-state index in [0.29, 0.717) is 24.0 Å². The first-order valence-corrected chi connectivity index (χ1v) is 10.8. The van der Waals surface area contributed by atoms with Gasteiger partial charge in [-0.25, -0.2) is 0 Å². The van der Waals surface area contributed by atoms with E-state index < -0.39 is 0 Å². The van der Waals surface area contributed by atoms with Crippen molar-refractivity contribution in [2.75, 3.05) is 0 Å². The van der Waals surface area contributed by atoms with Crippen LogP contribution in [0.15, 0.2) is 6.07 Å². The van der Waals surface area contributed by atoms with Crippen molar-refractivity contribution in [3.05, 3.63) is 17.2 Å². The largest absolute Gasteiger partial charge is 0.507 e.